The minimum absolute atomic E-state index is 0.158. The third-order valence-corrected chi connectivity index (χ3v) is 5.59. The largest absolute Gasteiger partial charge is 0.343 e. The first-order valence-electron chi connectivity index (χ1n) is 3.12. The minimum Gasteiger partial charge on any atom is -0.324 e. The van der Waals surface area contributed by atoms with Crippen LogP contribution >= 0.6 is 15.2 Å². The van der Waals surface area contributed by atoms with Crippen molar-refractivity contribution < 1.29 is 33.1 Å². The van der Waals surface area contributed by atoms with Crippen molar-refractivity contribution in [1.29, 1.82) is 0 Å². The normalized spacial score (nSPS) is 19.1. The van der Waals surface area contributed by atoms with E-state index in [9.17, 15) is 13.9 Å². The Bertz CT molecular complexity index is 268. The van der Waals surface area contributed by atoms with Crippen molar-refractivity contribution in [3.8, 4) is 0 Å². The molecular formula is C4H10O7P2. The summed E-state index contributed by atoms with van der Waals surface area (Å²) < 4.78 is 25.7. The fraction of sp³-hybridized carbons (Fsp3) is 0.750. The number of hydrogen-bond donors (Lipinski definition) is 3. The van der Waals surface area contributed by atoms with Gasteiger partial charge < -0.3 is 24.0 Å². The highest BCUT2D eigenvalue weighted by atomic mass is 31.2. The smallest absolute Gasteiger partial charge is 0.324 e. The molecule has 0 fully saturated rings. The van der Waals surface area contributed by atoms with Gasteiger partial charge in [-0.15, -0.1) is 0 Å². The average molecular weight is 232 g/mol. The van der Waals surface area contributed by atoms with E-state index < -0.39 is 27.0 Å². The van der Waals surface area contributed by atoms with Crippen LogP contribution in [0.5, 0.6) is 0 Å². The van der Waals surface area contributed by atoms with E-state index in [1.807, 2.05) is 0 Å². The minimum atomic E-state index is -4.80. The summed E-state index contributed by atoms with van der Waals surface area (Å²) in [7, 11) is -8.37. The van der Waals surface area contributed by atoms with Gasteiger partial charge in [0.25, 0.3) is 0 Å². The van der Waals surface area contributed by atoms with E-state index in [-0.39, 0.29) is 6.29 Å². The second kappa shape index (κ2) is 4.46. The zero-order valence-electron chi connectivity index (χ0n) is 6.73. The molecule has 3 N–H and O–H groups in total. The number of aldehydes is 1. The monoisotopic (exact) mass is 232 g/mol. The highest BCUT2D eigenvalue weighted by Gasteiger charge is 2.44. The molecule has 2 unspecified atom stereocenters. The first-order valence-corrected chi connectivity index (χ1v) is 6.45. The van der Waals surface area contributed by atoms with E-state index in [0.717, 1.165) is 7.11 Å². The topological polar surface area (TPSA) is 121 Å². The predicted octanol–water partition coefficient (Wildman–Crippen LogP) is -0.0890. The van der Waals surface area contributed by atoms with Gasteiger partial charge >= 0.3 is 15.2 Å². The Labute approximate surface area is 74.4 Å². The second-order valence-corrected chi connectivity index (χ2v) is 6.54. The maximum absolute atomic E-state index is 11.0. The summed E-state index contributed by atoms with van der Waals surface area (Å²) in [5.41, 5.74) is 0. The zero-order chi connectivity index (χ0) is 10.7. The van der Waals surface area contributed by atoms with Crippen molar-refractivity contribution in [2.24, 2.45) is 0 Å². The van der Waals surface area contributed by atoms with E-state index in [1.54, 1.807) is 0 Å². The molecule has 0 amide bonds. The van der Waals surface area contributed by atoms with Gasteiger partial charge in [0.15, 0.2) is 5.40 Å². The van der Waals surface area contributed by atoms with Crippen LogP contribution in [0.25, 0.3) is 0 Å². The fourth-order valence-corrected chi connectivity index (χ4v) is 3.43. The Morgan fingerprint density at radius 1 is 1.38 bits per heavy atom. The molecule has 0 rings (SSSR count). The molecule has 9 heteroatoms. The molecule has 0 aromatic heterocycles. The van der Waals surface area contributed by atoms with E-state index in [2.05, 4.69) is 4.52 Å². The molecule has 2 atom stereocenters. The average Bonchev–Trinajstić information content (AvgIpc) is 1.98. The summed E-state index contributed by atoms with van der Waals surface area (Å²) in [4.78, 5) is 36.2. The zero-order valence-corrected chi connectivity index (χ0v) is 8.52. The molecular weight excluding hydrogens is 222 g/mol. The Morgan fingerprint density at radius 3 is 2.08 bits per heavy atom. The third-order valence-electron chi connectivity index (χ3n) is 1.33. The Morgan fingerprint density at radius 2 is 1.85 bits per heavy atom. The highest BCUT2D eigenvalue weighted by Crippen LogP contribution is 2.63. The quantitative estimate of drug-likeness (QED) is 0.447. The van der Waals surface area contributed by atoms with Crippen LogP contribution in [-0.2, 0) is 18.4 Å². The van der Waals surface area contributed by atoms with Crippen LogP contribution in [0.4, 0.5) is 0 Å². The molecule has 0 aromatic rings. The molecule has 0 radical (unpaired) electrons. The number of rotatable bonds is 5. The lowest BCUT2D eigenvalue weighted by Crippen LogP contribution is -2.11. The van der Waals surface area contributed by atoms with E-state index >= 15 is 0 Å². The molecule has 0 aromatic carbocycles. The van der Waals surface area contributed by atoms with Crippen molar-refractivity contribution in [2.45, 2.75) is 11.8 Å². The summed E-state index contributed by atoms with van der Waals surface area (Å²) in [6, 6.07) is 0. The first-order chi connectivity index (χ1) is 5.75. The molecule has 78 valence electrons. The Balaban J connectivity index is 4.93. The van der Waals surface area contributed by atoms with Gasteiger partial charge in [0.2, 0.25) is 0 Å². The lowest BCUT2D eigenvalue weighted by atomic mass is 10.5. The molecule has 0 bridgehead atoms. The van der Waals surface area contributed by atoms with E-state index in [1.165, 1.54) is 0 Å². The van der Waals surface area contributed by atoms with Crippen LogP contribution in [0.2, 0.25) is 0 Å². The third kappa shape index (κ3) is 3.68. The lowest BCUT2D eigenvalue weighted by Gasteiger charge is -2.19. The summed E-state index contributed by atoms with van der Waals surface area (Å²) in [6.07, 6.45) is -0.558. The van der Waals surface area contributed by atoms with E-state index in [4.69, 9.17) is 14.7 Å². The lowest BCUT2D eigenvalue weighted by molar-refractivity contribution is -0.107. The second-order valence-electron chi connectivity index (χ2n) is 2.22. The van der Waals surface area contributed by atoms with Crippen molar-refractivity contribution >= 4 is 21.5 Å². The molecule has 0 spiro atoms. The molecule has 0 aliphatic rings. The fourth-order valence-electron chi connectivity index (χ4n) is 0.668. The van der Waals surface area contributed by atoms with Crippen LogP contribution in [0, 0.1) is 0 Å². The van der Waals surface area contributed by atoms with Crippen LogP contribution in [-0.4, -0.2) is 33.5 Å². The van der Waals surface area contributed by atoms with Gasteiger partial charge in [0, 0.05) is 13.5 Å². The van der Waals surface area contributed by atoms with Gasteiger partial charge in [0.05, 0.1) is 0 Å². The molecule has 13 heavy (non-hydrogen) atoms. The summed E-state index contributed by atoms with van der Waals surface area (Å²) in [5.74, 6) is 0. The molecule has 0 saturated heterocycles. The molecule has 0 aliphatic carbocycles. The summed E-state index contributed by atoms with van der Waals surface area (Å²) in [6.45, 7) is 0. The van der Waals surface area contributed by atoms with E-state index in [0.29, 0.717) is 0 Å². The van der Waals surface area contributed by atoms with Crippen LogP contribution in [0.15, 0.2) is 0 Å². The SMILES string of the molecule is COP(=O)(O)C(CC=O)P(=O)(O)O. The first kappa shape index (κ1) is 13.0. The van der Waals surface area contributed by atoms with Crippen LogP contribution in [0.1, 0.15) is 6.42 Å². The molecule has 7 nitrogen and oxygen atoms in total. The standard InChI is InChI=1S/C4H10O7P2/c1-11-13(9,10)4(2-3-5)12(6,7)8/h3-4H,2H2,1H3,(H,9,10)(H2,6,7,8). The Hall–Kier alpha value is -0.0300. The van der Waals surface area contributed by atoms with Gasteiger partial charge in [-0.1, -0.05) is 0 Å². The molecule has 0 aliphatic heterocycles. The van der Waals surface area contributed by atoms with Crippen LogP contribution < -0.4 is 0 Å². The maximum Gasteiger partial charge on any atom is 0.343 e. The van der Waals surface area contributed by atoms with Gasteiger partial charge in [-0.2, -0.15) is 0 Å². The van der Waals surface area contributed by atoms with Gasteiger partial charge in [0.1, 0.15) is 6.29 Å². The Kier molecular flexibility index (Phi) is 4.45. The van der Waals surface area contributed by atoms with Gasteiger partial charge in [-0.05, 0) is 0 Å². The maximum atomic E-state index is 11.0. The number of carbonyl (C=O) groups is 1. The van der Waals surface area contributed by atoms with Gasteiger partial charge in [-0.3, -0.25) is 9.13 Å². The predicted molar refractivity (Wildman–Crippen MR) is 43.3 cm³/mol. The van der Waals surface area contributed by atoms with Crippen molar-refractivity contribution in [3.05, 3.63) is 0 Å². The van der Waals surface area contributed by atoms with Crippen molar-refractivity contribution in [2.75, 3.05) is 7.11 Å². The summed E-state index contributed by atoms with van der Waals surface area (Å²) >= 11 is 0. The number of hydrogen-bond acceptors (Lipinski definition) is 4. The number of carbonyl (C=O) groups excluding carboxylic acids is 1. The summed E-state index contributed by atoms with van der Waals surface area (Å²) in [5, 5.41) is -1.97. The molecule has 0 saturated carbocycles. The van der Waals surface area contributed by atoms with Gasteiger partial charge in [-0.25, -0.2) is 0 Å². The molecule has 0 heterocycles. The van der Waals surface area contributed by atoms with Crippen molar-refractivity contribution in [3.63, 3.8) is 0 Å². The van der Waals surface area contributed by atoms with Crippen LogP contribution in [0.3, 0.4) is 0 Å². The van der Waals surface area contributed by atoms with Crippen molar-refractivity contribution in [1.82, 2.24) is 0 Å². The highest BCUT2D eigenvalue weighted by molar-refractivity contribution is 7.71.